The number of nitrogens with two attached hydrogens (primary N) is 1. The zero-order chi connectivity index (χ0) is 12.0. The highest BCUT2D eigenvalue weighted by molar-refractivity contribution is 7.99. The summed E-state index contributed by atoms with van der Waals surface area (Å²) in [6, 6.07) is 4.58. The highest BCUT2D eigenvalue weighted by Crippen LogP contribution is 2.21. The third-order valence-electron chi connectivity index (χ3n) is 1.91. The number of benzene rings is 1. The van der Waals surface area contributed by atoms with Crippen LogP contribution >= 0.6 is 24.0 Å². The van der Waals surface area contributed by atoms with Crippen molar-refractivity contribution in [2.45, 2.75) is 6.92 Å². The molecule has 2 N–H and O–H groups in total. The molecule has 0 aliphatic rings. The number of hydrogen-bond donors (Lipinski definition) is 1. The summed E-state index contributed by atoms with van der Waals surface area (Å²) in [7, 11) is 0. The first-order chi connectivity index (χ1) is 7.66. The quantitative estimate of drug-likeness (QED) is 0.629. The van der Waals surface area contributed by atoms with Crippen LogP contribution in [0.2, 0.25) is 0 Å². The molecule has 0 spiro atoms. The van der Waals surface area contributed by atoms with Crippen molar-refractivity contribution in [2.75, 3.05) is 18.1 Å². The van der Waals surface area contributed by atoms with E-state index >= 15 is 0 Å². The van der Waals surface area contributed by atoms with Crippen LogP contribution in [0.15, 0.2) is 18.2 Å². The molecule has 0 bridgehead atoms. The predicted molar refractivity (Wildman–Crippen MR) is 70.8 cm³/mol. The Morgan fingerprint density at radius 3 is 2.94 bits per heavy atom. The fourth-order valence-corrected chi connectivity index (χ4v) is 1.91. The predicted octanol–water partition coefficient (Wildman–Crippen LogP) is 2.59. The zero-order valence-corrected chi connectivity index (χ0v) is 10.7. The van der Waals surface area contributed by atoms with E-state index in [2.05, 4.69) is 6.92 Å². The van der Waals surface area contributed by atoms with Gasteiger partial charge in [-0.05, 0) is 17.9 Å². The molecule has 16 heavy (non-hydrogen) atoms. The molecule has 0 unspecified atom stereocenters. The van der Waals surface area contributed by atoms with Gasteiger partial charge >= 0.3 is 0 Å². The second-order valence-electron chi connectivity index (χ2n) is 3.02. The molecule has 0 aromatic heterocycles. The average molecular weight is 259 g/mol. The molecule has 88 valence electrons. The topological polar surface area (TPSA) is 35.2 Å². The number of hydrogen-bond acceptors (Lipinski definition) is 3. The van der Waals surface area contributed by atoms with E-state index in [1.165, 1.54) is 6.07 Å². The lowest BCUT2D eigenvalue weighted by atomic mass is 10.2. The Morgan fingerprint density at radius 1 is 1.56 bits per heavy atom. The normalized spacial score (nSPS) is 10.1. The van der Waals surface area contributed by atoms with Crippen molar-refractivity contribution in [3.8, 4) is 5.75 Å². The lowest BCUT2D eigenvalue weighted by Crippen LogP contribution is -2.14. The maximum Gasteiger partial charge on any atom is 0.137 e. The van der Waals surface area contributed by atoms with Gasteiger partial charge in [-0.3, -0.25) is 0 Å². The summed E-state index contributed by atoms with van der Waals surface area (Å²) < 4.78 is 18.9. The number of halogens is 1. The Hall–Kier alpha value is -0.810. The van der Waals surface area contributed by atoms with Crippen LogP contribution in [0.4, 0.5) is 4.39 Å². The van der Waals surface area contributed by atoms with Crippen molar-refractivity contribution < 1.29 is 9.13 Å². The van der Waals surface area contributed by atoms with Gasteiger partial charge < -0.3 is 10.5 Å². The highest BCUT2D eigenvalue weighted by atomic mass is 32.2. The van der Waals surface area contributed by atoms with E-state index in [0.717, 1.165) is 11.5 Å². The van der Waals surface area contributed by atoms with E-state index in [1.54, 1.807) is 23.9 Å². The molecule has 0 aliphatic carbocycles. The lowest BCUT2D eigenvalue weighted by Gasteiger charge is -2.10. The Balaban J connectivity index is 2.71. The van der Waals surface area contributed by atoms with Gasteiger partial charge in [0.15, 0.2) is 0 Å². The second-order valence-corrected chi connectivity index (χ2v) is 4.86. The maximum absolute atomic E-state index is 13.4. The second kappa shape index (κ2) is 6.70. The summed E-state index contributed by atoms with van der Waals surface area (Å²) >= 11 is 6.55. The molecule has 0 fully saturated rings. The van der Waals surface area contributed by atoms with Gasteiger partial charge in [0, 0.05) is 5.75 Å². The Kier molecular flexibility index (Phi) is 5.55. The summed E-state index contributed by atoms with van der Waals surface area (Å²) in [5.41, 5.74) is 5.65. The van der Waals surface area contributed by atoms with Crippen LogP contribution < -0.4 is 10.5 Å². The molecule has 1 aromatic carbocycles. The molecule has 0 radical (unpaired) electrons. The third kappa shape index (κ3) is 3.64. The van der Waals surface area contributed by atoms with Gasteiger partial charge in [-0.25, -0.2) is 4.39 Å². The van der Waals surface area contributed by atoms with E-state index < -0.39 is 5.82 Å². The van der Waals surface area contributed by atoms with Gasteiger partial charge in [0.1, 0.15) is 16.6 Å². The van der Waals surface area contributed by atoms with Crippen LogP contribution in [0.25, 0.3) is 0 Å². The summed E-state index contributed by atoms with van der Waals surface area (Å²) in [5.74, 6) is 1.88. The molecular formula is C11H14FNOS2. The monoisotopic (exact) mass is 259 g/mol. The van der Waals surface area contributed by atoms with E-state index in [-0.39, 0.29) is 10.6 Å². The van der Waals surface area contributed by atoms with Gasteiger partial charge in [-0.1, -0.05) is 25.2 Å². The largest absolute Gasteiger partial charge is 0.492 e. The van der Waals surface area contributed by atoms with Crippen molar-refractivity contribution in [1.29, 1.82) is 0 Å². The number of rotatable bonds is 6. The Morgan fingerprint density at radius 2 is 2.31 bits per heavy atom. The average Bonchev–Trinajstić information content (AvgIpc) is 2.24. The van der Waals surface area contributed by atoms with Gasteiger partial charge in [0.25, 0.3) is 0 Å². The first kappa shape index (κ1) is 13.3. The zero-order valence-electron chi connectivity index (χ0n) is 9.03. The van der Waals surface area contributed by atoms with E-state index in [1.807, 2.05) is 0 Å². The maximum atomic E-state index is 13.4. The van der Waals surface area contributed by atoms with Crippen LogP contribution in [0.1, 0.15) is 12.5 Å². The fraction of sp³-hybridized carbons (Fsp3) is 0.364. The minimum Gasteiger partial charge on any atom is -0.492 e. The summed E-state index contributed by atoms with van der Waals surface area (Å²) in [6.07, 6.45) is 0. The summed E-state index contributed by atoms with van der Waals surface area (Å²) in [6.45, 7) is 2.60. The minimum absolute atomic E-state index is 0.0243. The number of thiocarbonyl (C=S) groups is 1. The van der Waals surface area contributed by atoms with Gasteiger partial charge in [-0.15, -0.1) is 0 Å². The van der Waals surface area contributed by atoms with Gasteiger partial charge in [-0.2, -0.15) is 11.8 Å². The van der Waals surface area contributed by atoms with Crippen molar-refractivity contribution in [3.05, 3.63) is 29.6 Å². The van der Waals surface area contributed by atoms with E-state index in [4.69, 9.17) is 22.7 Å². The molecule has 0 saturated carbocycles. The van der Waals surface area contributed by atoms with Crippen LogP contribution in [-0.4, -0.2) is 23.1 Å². The smallest absolute Gasteiger partial charge is 0.137 e. The van der Waals surface area contributed by atoms with Crippen molar-refractivity contribution in [2.24, 2.45) is 5.73 Å². The Bertz CT molecular complexity index is 371. The molecule has 2 nitrogen and oxygen atoms in total. The van der Waals surface area contributed by atoms with Crippen LogP contribution in [0, 0.1) is 5.82 Å². The highest BCUT2D eigenvalue weighted by Gasteiger charge is 2.11. The molecular weight excluding hydrogens is 245 g/mol. The molecule has 0 atom stereocenters. The van der Waals surface area contributed by atoms with Gasteiger partial charge in [0.05, 0.1) is 12.2 Å². The van der Waals surface area contributed by atoms with Crippen LogP contribution in [0.3, 0.4) is 0 Å². The first-order valence-electron chi connectivity index (χ1n) is 4.95. The van der Waals surface area contributed by atoms with Crippen LogP contribution in [-0.2, 0) is 0 Å². The van der Waals surface area contributed by atoms with Crippen molar-refractivity contribution >= 4 is 29.0 Å². The molecule has 5 heteroatoms. The van der Waals surface area contributed by atoms with E-state index in [9.17, 15) is 4.39 Å². The van der Waals surface area contributed by atoms with Crippen molar-refractivity contribution in [1.82, 2.24) is 0 Å². The molecule has 0 heterocycles. The first-order valence-corrected chi connectivity index (χ1v) is 6.52. The molecule has 0 aliphatic heterocycles. The SMILES string of the molecule is CCSCCOc1cccc(F)c1C(N)=S. The minimum atomic E-state index is -0.437. The number of thioether (sulfide) groups is 1. The molecule has 1 rings (SSSR count). The summed E-state index contributed by atoms with van der Waals surface area (Å²) in [4.78, 5) is 0.0243. The lowest BCUT2D eigenvalue weighted by molar-refractivity contribution is 0.341. The number of ether oxygens (including phenoxy) is 1. The Labute approximate surface area is 104 Å². The van der Waals surface area contributed by atoms with Gasteiger partial charge in [0.2, 0.25) is 0 Å². The molecule has 0 amide bonds. The van der Waals surface area contributed by atoms with Crippen LogP contribution in [0.5, 0.6) is 5.75 Å². The molecule has 1 aromatic rings. The fourth-order valence-electron chi connectivity index (χ4n) is 1.22. The molecule has 0 saturated heterocycles. The van der Waals surface area contributed by atoms with E-state index in [0.29, 0.717) is 12.4 Å². The van der Waals surface area contributed by atoms with Crippen molar-refractivity contribution in [3.63, 3.8) is 0 Å². The standard InChI is InChI=1S/C11H14FNOS2/c1-2-16-7-6-14-9-5-3-4-8(12)10(9)11(13)15/h3-5H,2,6-7H2,1H3,(H2,13,15). The summed E-state index contributed by atoms with van der Waals surface area (Å²) in [5, 5.41) is 0. The third-order valence-corrected chi connectivity index (χ3v) is 2.98.